The van der Waals surface area contributed by atoms with E-state index in [4.69, 9.17) is 16.3 Å². The van der Waals surface area contributed by atoms with Gasteiger partial charge in [-0.2, -0.15) is 11.8 Å². The molecule has 1 N–H and O–H groups in total. The number of aryl methyl sites for hydroxylation is 1. The maximum Gasteiger partial charge on any atom is 0.267 e. The molecule has 1 heterocycles. The molecule has 1 saturated heterocycles. The lowest BCUT2D eigenvalue weighted by Crippen LogP contribution is -2.42. The molecular formula is C22H27ClN2O2S. The van der Waals surface area contributed by atoms with E-state index in [1.807, 2.05) is 24.8 Å². The first-order chi connectivity index (χ1) is 13.3. The van der Waals surface area contributed by atoms with Crippen molar-refractivity contribution in [1.29, 1.82) is 0 Å². The third-order valence-electron chi connectivity index (χ3n) is 4.78. The summed E-state index contributed by atoms with van der Waals surface area (Å²) in [6.45, 7) is 8.78. The second kappa shape index (κ2) is 9.21. The summed E-state index contributed by atoms with van der Waals surface area (Å²) in [4.78, 5) is 15.3. The number of rotatable bonds is 6. The van der Waals surface area contributed by atoms with Gasteiger partial charge in [0.05, 0.1) is 0 Å². The molecule has 0 bridgehead atoms. The lowest BCUT2D eigenvalue weighted by Gasteiger charge is -2.27. The summed E-state index contributed by atoms with van der Waals surface area (Å²) in [5, 5.41) is 3.64. The maximum absolute atomic E-state index is 12.8. The summed E-state index contributed by atoms with van der Waals surface area (Å²) in [7, 11) is 0. The Balaban J connectivity index is 1.63. The number of nitrogens with zero attached hydrogens (tertiary/aromatic N) is 1. The first kappa shape index (κ1) is 21.0. The summed E-state index contributed by atoms with van der Waals surface area (Å²) in [5.74, 6) is 2.83. The van der Waals surface area contributed by atoms with Gasteiger partial charge in [0.2, 0.25) is 0 Å². The van der Waals surface area contributed by atoms with E-state index in [1.54, 1.807) is 38.1 Å². The fourth-order valence-electron chi connectivity index (χ4n) is 3.10. The monoisotopic (exact) mass is 418 g/mol. The second-order valence-electron chi connectivity index (χ2n) is 7.56. The molecule has 0 radical (unpaired) electrons. The number of nitrogens with one attached hydrogen (secondary N) is 1. The zero-order valence-corrected chi connectivity index (χ0v) is 18.2. The number of benzene rings is 2. The van der Waals surface area contributed by atoms with Gasteiger partial charge in [-0.1, -0.05) is 23.7 Å². The Hall–Kier alpha value is -1.69. The predicted octanol–water partition coefficient (Wildman–Crippen LogP) is 4.99. The van der Waals surface area contributed by atoms with Crippen LogP contribution in [0.4, 0.5) is 5.69 Å². The minimum Gasteiger partial charge on any atom is -0.478 e. The molecule has 0 aromatic heterocycles. The summed E-state index contributed by atoms with van der Waals surface area (Å²) in [5.41, 5.74) is 2.14. The van der Waals surface area contributed by atoms with Crippen molar-refractivity contribution >= 4 is 35.0 Å². The largest absolute Gasteiger partial charge is 0.478 e. The van der Waals surface area contributed by atoms with Crippen molar-refractivity contribution in [2.75, 3.05) is 29.9 Å². The minimum absolute atomic E-state index is 0.189. The Kier molecular flexibility index (Phi) is 6.91. The first-order valence-electron chi connectivity index (χ1n) is 9.49. The van der Waals surface area contributed by atoms with Crippen LogP contribution in [0.1, 0.15) is 25.0 Å². The van der Waals surface area contributed by atoms with Crippen LogP contribution in [0.15, 0.2) is 42.5 Å². The molecule has 0 atom stereocenters. The summed E-state index contributed by atoms with van der Waals surface area (Å²) < 4.78 is 5.88. The number of halogens is 1. The summed E-state index contributed by atoms with van der Waals surface area (Å²) in [6.07, 6.45) is 0. The Morgan fingerprint density at radius 3 is 2.50 bits per heavy atom. The molecule has 3 rings (SSSR count). The van der Waals surface area contributed by atoms with Crippen LogP contribution >= 0.6 is 23.4 Å². The average molecular weight is 419 g/mol. The van der Waals surface area contributed by atoms with Gasteiger partial charge in [0.1, 0.15) is 5.75 Å². The number of amides is 1. The van der Waals surface area contributed by atoms with E-state index in [0.29, 0.717) is 10.8 Å². The number of thioether (sulfide) groups is 1. The molecule has 1 aliphatic heterocycles. The summed E-state index contributed by atoms with van der Waals surface area (Å²) in [6, 6.07) is 13.2. The van der Waals surface area contributed by atoms with E-state index in [2.05, 4.69) is 22.3 Å². The standard InChI is InChI=1S/C22H27ClN2O2S/c1-16-14-17(15-25-10-12-28-13-11-25)4-9-20(16)24-21(26)22(2,3)27-19-7-5-18(23)6-8-19/h4-9,14H,10-13,15H2,1-3H3,(H,24,26). The van der Waals surface area contributed by atoms with Crippen LogP contribution in [-0.4, -0.2) is 41.0 Å². The van der Waals surface area contributed by atoms with Crippen LogP contribution in [0.2, 0.25) is 5.02 Å². The van der Waals surface area contributed by atoms with Crippen molar-refractivity contribution in [3.05, 3.63) is 58.6 Å². The van der Waals surface area contributed by atoms with E-state index in [1.165, 1.54) is 17.1 Å². The summed E-state index contributed by atoms with van der Waals surface area (Å²) >= 11 is 7.92. The first-order valence-corrected chi connectivity index (χ1v) is 11.0. The van der Waals surface area contributed by atoms with Crippen molar-refractivity contribution in [1.82, 2.24) is 4.90 Å². The Morgan fingerprint density at radius 2 is 1.86 bits per heavy atom. The van der Waals surface area contributed by atoms with E-state index < -0.39 is 5.60 Å². The van der Waals surface area contributed by atoms with E-state index in [-0.39, 0.29) is 5.91 Å². The van der Waals surface area contributed by atoms with Gasteiger partial charge in [-0.05, 0) is 62.2 Å². The van der Waals surface area contributed by atoms with Gasteiger partial charge >= 0.3 is 0 Å². The molecule has 0 aliphatic carbocycles. The van der Waals surface area contributed by atoms with Crippen LogP contribution in [0, 0.1) is 6.92 Å². The molecule has 2 aromatic carbocycles. The molecule has 0 spiro atoms. The van der Waals surface area contributed by atoms with Gasteiger partial charge in [-0.15, -0.1) is 0 Å². The van der Waals surface area contributed by atoms with Gasteiger partial charge in [0, 0.05) is 41.8 Å². The number of hydrogen-bond acceptors (Lipinski definition) is 4. The minimum atomic E-state index is -1.01. The molecule has 4 nitrogen and oxygen atoms in total. The quantitative estimate of drug-likeness (QED) is 0.717. The molecule has 28 heavy (non-hydrogen) atoms. The lowest BCUT2D eigenvalue weighted by molar-refractivity contribution is -0.128. The van der Waals surface area contributed by atoms with Crippen molar-refractivity contribution in [3.8, 4) is 5.75 Å². The average Bonchev–Trinajstić information content (AvgIpc) is 2.66. The fraction of sp³-hybridized carbons (Fsp3) is 0.409. The Bertz CT molecular complexity index is 818. The van der Waals surface area contributed by atoms with Crippen LogP contribution in [0.3, 0.4) is 0 Å². The molecule has 1 fully saturated rings. The smallest absolute Gasteiger partial charge is 0.267 e. The van der Waals surface area contributed by atoms with E-state index >= 15 is 0 Å². The normalized spacial score (nSPS) is 15.3. The lowest BCUT2D eigenvalue weighted by atomic mass is 10.1. The van der Waals surface area contributed by atoms with Gasteiger partial charge in [0.15, 0.2) is 5.60 Å². The molecule has 1 aliphatic rings. The van der Waals surface area contributed by atoms with Gasteiger partial charge in [-0.25, -0.2) is 0 Å². The van der Waals surface area contributed by atoms with Crippen molar-refractivity contribution in [3.63, 3.8) is 0 Å². The molecule has 1 amide bonds. The fourth-order valence-corrected chi connectivity index (χ4v) is 4.20. The van der Waals surface area contributed by atoms with Crippen molar-refractivity contribution in [2.45, 2.75) is 32.9 Å². The topological polar surface area (TPSA) is 41.6 Å². The molecule has 0 saturated carbocycles. The van der Waals surface area contributed by atoms with Crippen LogP contribution in [0.5, 0.6) is 5.75 Å². The molecular weight excluding hydrogens is 392 g/mol. The number of hydrogen-bond donors (Lipinski definition) is 1. The van der Waals surface area contributed by atoms with E-state index in [0.717, 1.165) is 30.9 Å². The third-order valence-corrected chi connectivity index (χ3v) is 5.98. The van der Waals surface area contributed by atoms with Crippen LogP contribution < -0.4 is 10.1 Å². The van der Waals surface area contributed by atoms with Crippen molar-refractivity contribution < 1.29 is 9.53 Å². The molecule has 2 aromatic rings. The molecule has 6 heteroatoms. The second-order valence-corrected chi connectivity index (χ2v) is 9.22. The van der Waals surface area contributed by atoms with Crippen LogP contribution in [-0.2, 0) is 11.3 Å². The molecule has 150 valence electrons. The van der Waals surface area contributed by atoms with Crippen molar-refractivity contribution in [2.24, 2.45) is 0 Å². The number of ether oxygens (including phenoxy) is 1. The van der Waals surface area contributed by atoms with Gasteiger partial charge in [-0.3, -0.25) is 9.69 Å². The maximum atomic E-state index is 12.8. The highest BCUT2D eigenvalue weighted by atomic mass is 35.5. The number of anilines is 1. The highest BCUT2D eigenvalue weighted by molar-refractivity contribution is 7.99. The Labute approximate surface area is 176 Å². The predicted molar refractivity (Wildman–Crippen MR) is 119 cm³/mol. The van der Waals surface area contributed by atoms with Gasteiger partial charge in [0.25, 0.3) is 5.91 Å². The number of carbonyl (C=O) groups excluding carboxylic acids is 1. The van der Waals surface area contributed by atoms with Crippen LogP contribution in [0.25, 0.3) is 0 Å². The van der Waals surface area contributed by atoms with E-state index in [9.17, 15) is 4.79 Å². The number of carbonyl (C=O) groups is 1. The third kappa shape index (κ3) is 5.66. The zero-order chi connectivity index (χ0) is 20.1. The zero-order valence-electron chi connectivity index (χ0n) is 16.6. The highest BCUT2D eigenvalue weighted by Crippen LogP contribution is 2.24. The molecule has 0 unspecified atom stereocenters. The Morgan fingerprint density at radius 1 is 1.18 bits per heavy atom. The van der Waals surface area contributed by atoms with Gasteiger partial charge < -0.3 is 10.1 Å². The SMILES string of the molecule is Cc1cc(CN2CCSCC2)ccc1NC(=O)C(C)(C)Oc1ccc(Cl)cc1. The highest BCUT2D eigenvalue weighted by Gasteiger charge is 2.30.